The van der Waals surface area contributed by atoms with Crippen LogP contribution in [0.3, 0.4) is 0 Å². The molecule has 0 radical (unpaired) electrons. The maximum atomic E-state index is 12.6. The van der Waals surface area contributed by atoms with Gasteiger partial charge < -0.3 is 9.47 Å². The smallest absolute Gasteiger partial charge is 0.359 e. The van der Waals surface area contributed by atoms with Crippen LogP contribution in [0.5, 0.6) is 0 Å². The van der Waals surface area contributed by atoms with E-state index in [1.807, 2.05) is 26.0 Å². The fourth-order valence-corrected chi connectivity index (χ4v) is 2.43. The molecule has 2 aromatic rings. The molecule has 0 bridgehead atoms. The molecule has 0 N–H and O–H groups in total. The monoisotopic (exact) mass is 340 g/mol. The maximum Gasteiger partial charge on any atom is 0.359 e. The van der Waals surface area contributed by atoms with E-state index in [-0.39, 0.29) is 5.92 Å². The number of carbonyl (C=O) groups is 3. The maximum absolute atomic E-state index is 12.6. The van der Waals surface area contributed by atoms with E-state index in [0.29, 0.717) is 11.1 Å². The Balaban J connectivity index is 2.32. The fourth-order valence-electron chi connectivity index (χ4n) is 2.43. The Hall–Kier alpha value is -2.95. The predicted molar refractivity (Wildman–Crippen MR) is 91.9 cm³/mol. The summed E-state index contributed by atoms with van der Waals surface area (Å²) in [7, 11) is 0. The summed E-state index contributed by atoms with van der Waals surface area (Å²) in [6, 6.07) is 15.5. The van der Waals surface area contributed by atoms with Crippen LogP contribution in [-0.4, -0.2) is 17.9 Å². The standard InChI is InChI=1S/C20H20O5/c1-13(2)16-11-7-8-12-17(16)19(22)25-18(20(23)24-14(3)21)15-9-5-4-6-10-15/h4-13,18H,1-3H3. The lowest BCUT2D eigenvalue weighted by molar-refractivity contribution is -0.165. The zero-order valence-corrected chi connectivity index (χ0v) is 14.4. The molecule has 5 heteroatoms. The van der Waals surface area contributed by atoms with Gasteiger partial charge in [-0.3, -0.25) is 4.79 Å². The number of hydrogen-bond acceptors (Lipinski definition) is 5. The molecule has 0 aliphatic rings. The summed E-state index contributed by atoms with van der Waals surface area (Å²) in [5.41, 5.74) is 1.64. The molecule has 5 nitrogen and oxygen atoms in total. The third-order valence-corrected chi connectivity index (χ3v) is 3.59. The quantitative estimate of drug-likeness (QED) is 0.612. The van der Waals surface area contributed by atoms with Crippen molar-refractivity contribution in [2.75, 3.05) is 0 Å². The molecule has 25 heavy (non-hydrogen) atoms. The minimum Gasteiger partial charge on any atom is -0.442 e. The van der Waals surface area contributed by atoms with Crippen LogP contribution in [0.4, 0.5) is 0 Å². The molecule has 0 spiro atoms. The molecule has 0 amide bonds. The van der Waals surface area contributed by atoms with Crippen LogP contribution in [0.15, 0.2) is 54.6 Å². The molecule has 1 unspecified atom stereocenters. The first-order valence-electron chi connectivity index (χ1n) is 7.97. The van der Waals surface area contributed by atoms with Crippen LogP contribution in [0.25, 0.3) is 0 Å². The zero-order chi connectivity index (χ0) is 18.4. The third-order valence-electron chi connectivity index (χ3n) is 3.59. The normalized spacial score (nSPS) is 11.7. The van der Waals surface area contributed by atoms with Gasteiger partial charge in [0.2, 0.25) is 6.10 Å². The van der Waals surface area contributed by atoms with E-state index in [1.54, 1.807) is 42.5 Å². The van der Waals surface area contributed by atoms with Crippen molar-refractivity contribution in [2.45, 2.75) is 32.8 Å². The summed E-state index contributed by atoms with van der Waals surface area (Å²) in [4.78, 5) is 36.0. The first-order valence-corrected chi connectivity index (χ1v) is 7.97. The second-order valence-corrected chi connectivity index (χ2v) is 5.85. The topological polar surface area (TPSA) is 69.7 Å². The highest BCUT2D eigenvalue weighted by Crippen LogP contribution is 2.25. The van der Waals surface area contributed by atoms with Crippen LogP contribution >= 0.6 is 0 Å². The summed E-state index contributed by atoms with van der Waals surface area (Å²) >= 11 is 0. The highest BCUT2D eigenvalue weighted by atomic mass is 16.6. The average molecular weight is 340 g/mol. The van der Waals surface area contributed by atoms with Gasteiger partial charge in [0.05, 0.1) is 5.56 Å². The van der Waals surface area contributed by atoms with Gasteiger partial charge in [-0.1, -0.05) is 62.4 Å². The number of esters is 3. The Morgan fingerprint density at radius 2 is 1.48 bits per heavy atom. The molecule has 0 fully saturated rings. The number of carbonyl (C=O) groups excluding carboxylic acids is 3. The van der Waals surface area contributed by atoms with E-state index in [0.717, 1.165) is 12.5 Å². The second kappa shape index (κ2) is 8.24. The minimum absolute atomic E-state index is 0.114. The Bertz CT molecular complexity index is 765. The minimum atomic E-state index is -1.31. The van der Waals surface area contributed by atoms with Gasteiger partial charge in [-0.25, -0.2) is 9.59 Å². The van der Waals surface area contributed by atoms with E-state index in [2.05, 4.69) is 4.74 Å². The van der Waals surface area contributed by atoms with Gasteiger partial charge in [-0.05, 0) is 17.5 Å². The van der Waals surface area contributed by atoms with Crippen LogP contribution in [0.1, 0.15) is 54.3 Å². The molecule has 2 aromatic carbocycles. The Labute approximate surface area is 146 Å². The van der Waals surface area contributed by atoms with Crippen molar-refractivity contribution in [3.63, 3.8) is 0 Å². The van der Waals surface area contributed by atoms with E-state index in [1.165, 1.54) is 0 Å². The van der Waals surface area contributed by atoms with Gasteiger partial charge in [0, 0.05) is 12.5 Å². The van der Waals surface area contributed by atoms with Crippen molar-refractivity contribution >= 4 is 17.9 Å². The average Bonchev–Trinajstić information content (AvgIpc) is 2.59. The molecule has 0 saturated carbocycles. The first-order chi connectivity index (χ1) is 11.9. The number of ether oxygens (including phenoxy) is 2. The van der Waals surface area contributed by atoms with Crippen LogP contribution in [0.2, 0.25) is 0 Å². The molecule has 0 heterocycles. The largest absolute Gasteiger partial charge is 0.442 e. The van der Waals surface area contributed by atoms with Crippen molar-refractivity contribution in [3.8, 4) is 0 Å². The van der Waals surface area contributed by atoms with Gasteiger partial charge in [0.15, 0.2) is 0 Å². The molecule has 0 aliphatic heterocycles. The second-order valence-electron chi connectivity index (χ2n) is 5.85. The van der Waals surface area contributed by atoms with E-state index in [4.69, 9.17) is 4.74 Å². The third kappa shape index (κ3) is 4.76. The summed E-state index contributed by atoms with van der Waals surface area (Å²) in [5.74, 6) is -2.21. The van der Waals surface area contributed by atoms with Crippen LogP contribution in [0, 0.1) is 0 Å². The summed E-state index contributed by atoms with van der Waals surface area (Å²) in [6.45, 7) is 5.05. The molecular formula is C20H20O5. The molecule has 0 aliphatic carbocycles. The van der Waals surface area contributed by atoms with Crippen molar-refractivity contribution in [3.05, 3.63) is 71.3 Å². The highest BCUT2D eigenvalue weighted by Gasteiger charge is 2.29. The van der Waals surface area contributed by atoms with Gasteiger partial charge in [-0.2, -0.15) is 0 Å². The number of benzene rings is 2. The Morgan fingerprint density at radius 3 is 2.08 bits per heavy atom. The van der Waals surface area contributed by atoms with Gasteiger partial charge in [0.1, 0.15) is 0 Å². The lowest BCUT2D eigenvalue weighted by atomic mass is 9.97. The number of hydrogen-bond donors (Lipinski definition) is 0. The molecule has 130 valence electrons. The van der Waals surface area contributed by atoms with Crippen molar-refractivity contribution in [2.24, 2.45) is 0 Å². The molecule has 0 aromatic heterocycles. The molecule has 0 saturated heterocycles. The van der Waals surface area contributed by atoms with E-state index in [9.17, 15) is 14.4 Å². The lowest BCUT2D eigenvalue weighted by Crippen LogP contribution is -2.24. The SMILES string of the molecule is CC(=O)OC(=O)C(OC(=O)c1ccccc1C(C)C)c1ccccc1. The van der Waals surface area contributed by atoms with Gasteiger partial charge in [0.25, 0.3) is 0 Å². The summed E-state index contributed by atoms with van der Waals surface area (Å²) in [6.07, 6.45) is -1.31. The molecule has 1 atom stereocenters. The predicted octanol–water partition coefficient (Wildman–Crippen LogP) is 3.80. The van der Waals surface area contributed by atoms with Crippen LogP contribution in [-0.2, 0) is 19.1 Å². The van der Waals surface area contributed by atoms with Gasteiger partial charge in [-0.15, -0.1) is 0 Å². The Morgan fingerprint density at radius 1 is 0.880 bits per heavy atom. The Kier molecular flexibility index (Phi) is 6.06. The van der Waals surface area contributed by atoms with Crippen molar-refractivity contribution < 1.29 is 23.9 Å². The lowest BCUT2D eigenvalue weighted by Gasteiger charge is -2.18. The van der Waals surface area contributed by atoms with Crippen molar-refractivity contribution in [1.82, 2.24) is 0 Å². The van der Waals surface area contributed by atoms with E-state index >= 15 is 0 Å². The first kappa shape index (κ1) is 18.4. The number of rotatable bonds is 5. The highest BCUT2D eigenvalue weighted by molar-refractivity contribution is 5.94. The zero-order valence-electron chi connectivity index (χ0n) is 14.4. The molecule has 2 rings (SSSR count). The van der Waals surface area contributed by atoms with E-state index < -0.39 is 24.0 Å². The van der Waals surface area contributed by atoms with Gasteiger partial charge >= 0.3 is 17.9 Å². The van der Waals surface area contributed by atoms with Crippen molar-refractivity contribution in [1.29, 1.82) is 0 Å². The van der Waals surface area contributed by atoms with Crippen LogP contribution < -0.4 is 0 Å². The molecular weight excluding hydrogens is 320 g/mol. The summed E-state index contributed by atoms with van der Waals surface area (Å²) in [5, 5.41) is 0. The fraction of sp³-hybridized carbons (Fsp3) is 0.250. The summed E-state index contributed by atoms with van der Waals surface area (Å²) < 4.78 is 10.0.